The van der Waals surface area contributed by atoms with E-state index in [2.05, 4.69) is 4.98 Å². The van der Waals surface area contributed by atoms with Gasteiger partial charge in [-0.05, 0) is 37.5 Å². The second-order valence-electron chi connectivity index (χ2n) is 6.47. The fourth-order valence-corrected chi connectivity index (χ4v) is 3.28. The Morgan fingerprint density at radius 1 is 1.39 bits per heavy atom. The molecule has 0 aliphatic carbocycles. The number of hydrogen-bond acceptors (Lipinski definition) is 3. The number of hydrogen-bond donors (Lipinski definition) is 3. The van der Waals surface area contributed by atoms with Gasteiger partial charge in [-0.15, -0.1) is 0 Å². The predicted molar refractivity (Wildman–Crippen MR) is 86.9 cm³/mol. The zero-order chi connectivity index (χ0) is 16.6. The summed E-state index contributed by atoms with van der Waals surface area (Å²) in [5.74, 6) is -0.718. The number of primary amides is 1. The Morgan fingerprint density at radius 3 is 2.91 bits per heavy atom. The summed E-state index contributed by atoms with van der Waals surface area (Å²) in [6, 6.07) is 7.78. The third-order valence-corrected chi connectivity index (χ3v) is 4.35. The summed E-state index contributed by atoms with van der Waals surface area (Å²) in [5, 5.41) is 11.5. The monoisotopic (exact) mass is 315 g/mol. The number of benzene rings is 1. The van der Waals surface area contributed by atoms with Crippen molar-refractivity contribution in [3.05, 3.63) is 35.5 Å². The number of aromatic amines is 1. The van der Waals surface area contributed by atoms with E-state index >= 15 is 0 Å². The molecule has 4 N–H and O–H groups in total. The summed E-state index contributed by atoms with van der Waals surface area (Å²) in [7, 11) is 0. The van der Waals surface area contributed by atoms with Crippen molar-refractivity contribution in [2.45, 2.75) is 31.8 Å². The smallest absolute Gasteiger partial charge is 0.270 e. The molecule has 6 heteroatoms. The summed E-state index contributed by atoms with van der Waals surface area (Å²) in [6.07, 6.45) is 1.00. The normalized spacial score (nSPS) is 21.6. The van der Waals surface area contributed by atoms with Crippen molar-refractivity contribution in [1.29, 1.82) is 0 Å². The first-order valence-electron chi connectivity index (χ1n) is 7.76. The van der Waals surface area contributed by atoms with Gasteiger partial charge < -0.3 is 20.7 Å². The third-order valence-electron chi connectivity index (χ3n) is 4.35. The van der Waals surface area contributed by atoms with Crippen molar-refractivity contribution in [2.75, 3.05) is 13.1 Å². The summed E-state index contributed by atoms with van der Waals surface area (Å²) in [6.45, 7) is 2.69. The Balaban J connectivity index is 1.82. The van der Waals surface area contributed by atoms with Gasteiger partial charge >= 0.3 is 0 Å². The molecule has 6 nitrogen and oxygen atoms in total. The van der Waals surface area contributed by atoms with E-state index in [0.29, 0.717) is 25.1 Å². The number of carbonyl (C=O) groups is 2. The molecule has 2 aromatic rings. The molecular weight excluding hydrogens is 294 g/mol. The van der Waals surface area contributed by atoms with Crippen LogP contribution in [0.5, 0.6) is 0 Å². The first kappa shape index (κ1) is 15.6. The summed E-state index contributed by atoms with van der Waals surface area (Å²) < 4.78 is 0. The topological polar surface area (TPSA) is 99.4 Å². The number of rotatable bonds is 3. The van der Waals surface area contributed by atoms with Gasteiger partial charge in [0.25, 0.3) is 5.91 Å². The molecule has 2 amide bonds. The van der Waals surface area contributed by atoms with Crippen LogP contribution < -0.4 is 5.73 Å². The standard InChI is InChI=1S/C17H21N3O3/c1-11-3-4-12-8-14(19-13(12)7-11)16(22)20-6-2-5-17(23,10-20)9-15(18)21/h3-4,7-8,19,23H,2,5-6,9-10H2,1H3,(H2,18,21). The van der Waals surface area contributed by atoms with E-state index < -0.39 is 11.5 Å². The summed E-state index contributed by atoms with van der Waals surface area (Å²) >= 11 is 0. The molecule has 1 atom stereocenters. The number of H-pyrrole nitrogens is 1. The lowest BCUT2D eigenvalue weighted by Crippen LogP contribution is -2.51. The zero-order valence-corrected chi connectivity index (χ0v) is 13.1. The first-order valence-corrected chi connectivity index (χ1v) is 7.76. The molecule has 3 rings (SSSR count). The number of carbonyl (C=O) groups excluding carboxylic acids is 2. The Kier molecular flexibility index (Phi) is 3.85. The fraction of sp³-hybridized carbons (Fsp3) is 0.412. The number of piperidine rings is 1. The van der Waals surface area contributed by atoms with Gasteiger partial charge in [-0.1, -0.05) is 12.1 Å². The molecule has 2 heterocycles. The molecule has 0 radical (unpaired) electrons. The SMILES string of the molecule is Cc1ccc2cc(C(=O)N3CCCC(O)(CC(N)=O)C3)[nH]c2c1. The number of likely N-dealkylation sites (tertiary alicyclic amines) is 1. The van der Waals surface area contributed by atoms with E-state index in [9.17, 15) is 14.7 Å². The molecule has 1 aromatic carbocycles. The minimum atomic E-state index is -1.22. The Bertz CT molecular complexity index is 768. The van der Waals surface area contributed by atoms with Gasteiger partial charge in [0, 0.05) is 17.4 Å². The number of fused-ring (bicyclic) bond motifs is 1. The number of nitrogens with zero attached hydrogens (tertiary/aromatic N) is 1. The molecule has 1 aromatic heterocycles. The maximum Gasteiger partial charge on any atom is 0.270 e. The second-order valence-corrected chi connectivity index (χ2v) is 6.47. The number of nitrogens with two attached hydrogens (primary N) is 1. The third kappa shape index (κ3) is 3.22. The van der Waals surface area contributed by atoms with Crippen molar-refractivity contribution >= 4 is 22.7 Å². The Labute approximate surface area is 134 Å². The molecule has 1 fully saturated rings. The lowest BCUT2D eigenvalue weighted by Gasteiger charge is -2.38. The highest BCUT2D eigenvalue weighted by Gasteiger charge is 2.37. The number of nitrogens with one attached hydrogen (secondary N) is 1. The van der Waals surface area contributed by atoms with Crippen molar-refractivity contribution in [3.8, 4) is 0 Å². The molecule has 23 heavy (non-hydrogen) atoms. The van der Waals surface area contributed by atoms with E-state index in [0.717, 1.165) is 16.5 Å². The molecule has 0 spiro atoms. The lowest BCUT2D eigenvalue weighted by molar-refractivity contribution is -0.125. The Hall–Kier alpha value is -2.34. The van der Waals surface area contributed by atoms with E-state index in [1.165, 1.54) is 0 Å². The fourth-order valence-electron chi connectivity index (χ4n) is 3.28. The van der Waals surface area contributed by atoms with Crippen LogP contribution in [0.25, 0.3) is 10.9 Å². The van der Waals surface area contributed by atoms with Crippen LogP contribution in [0.2, 0.25) is 0 Å². The number of amides is 2. The van der Waals surface area contributed by atoms with Crippen LogP contribution in [0, 0.1) is 6.92 Å². The highest BCUT2D eigenvalue weighted by Crippen LogP contribution is 2.26. The number of aromatic nitrogens is 1. The lowest BCUT2D eigenvalue weighted by atomic mass is 9.89. The van der Waals surface area contributed by atoms with Crippen LogP contribution in [-0.2, 0) is 4.79 Å². The molecule has 1 unspecified atom stereocenters. The maximum absolute atomic E-state index is 12.7. The minimum absolute atomic E-state index is 0.122. The van der Waals surface area contributed by atoms with E-state index in [1.54, 1.807) is 4.90 Å². The highest BCUT2D eigenvalue weighted by molar-refractivity contribution is 5.98. The van der Waals surface area contributed by atoms with Crippen molar-refractivity contribution in [1.82, 2.24) is 9.88 Å². The number of β-amino-alcohol motifs (C(OH)–C–C–N with tert-alkyl or cyclic N) is 1. The van der Waals surface area contributed by atoms with Crippen LogP contribution in [-0.4, -0.2) is 45.5 Å². The van der Waals surface area contributed by atoms with Gasteiger partial charge in [0.05, 0.1) is 18.6 Å². The van der Waals surface area contributed by atoms with Gasteiger partial charge in [-0.3, -0.25) is 9.59 Å². The van der Waals surface area contributed by atoms with Crippen LogP contribution in [0.1, 0.15) is 35.3 Å². The molecule has 1 aliphatic rings. The molecular formula is C17H21N3O3. The Morgan fingerprint density at radius 2 is 2.17 bits per heavy atom. The molecule has 1 aliphatic heterocycles. The molecule has 122 valence electrons. The predicted octanol–water partition coefficient (Wildman–Crippen LogP) is 1.32. The van der Waals surface area contributed by atoms with E-state index in [1.807, 2.05) is 31.2 Å². The number of aliphatic hydroxyl groups is 1. The molecule has 0 saturated carbocycles. The quantitative estimate of drug-likeness (QED) is 0.796. The average molecular weight is 315 g/mol. The van der Waals surface area contributed by atoms with Gasteiger partial charge in [0.15, 0.2) is 0 Å². The molecule has 1 saturated heterocycles. The van der Waals surface area contributed by atoms with Gasteiger partial charge in [0.2, 0.25) is 5.91 Å². The highest BCUT2D eigenvalue weighted by atomic mass is 16.3. The van der Waals surface area contributed by atoms with Crippen molar-refractivity contribution in [3.63, 3.8) is 0 Å². The van der Waals surface area contributed by atoms with Gasteiger partial charge in [-0.2, -0.15) is 0 Å². The van der Waals surface area contributed by atoms with Crippen LogP contribution in [0.15, 0.2) is 24.3 Å². The summed E-state index contributed by atoms with van der Waals surface area (Å²) in [4.78, 5) is 28.5. The second kappa shape index (κ2) is 5.70. The van der Waals surface area contributed by atoms with Crippen LogP contribution in [0.4, 0.5) is 0 Å². The minimum Gasteiger partial charge on any atom is -0.388 e. The van der Waals surface area contributed by atoms with Crippen molar-refractivity contribution in [2.24, 2.45) is 5.73 Å². The van der Waals surface area contributed by atoms with Gasteiger partial charge in [-0.25, -0.2) is 0 Å². The maximum atomic E-state index is 12.7. The van der Waals surface area contributed by atoms with E-state index in [4.69, 9.17) is 5.73 Å². The van der Waals surface area contributed by atoms with E-state index in [-0.39, 0.29) is 18.9 Å². The van der Waals surface area contributed by atoms with Crippen molar-refractivity contribution < 1.29 is 14.7 Å². The summed E-state index contributed by atoms with van der Waals surface area (Å²) in [5.41, 5.74) is 6.50. The first-order chi connectivity index (χ1) is 10.9. The molecule has 0 bridgehead atoms. The number of aryl methyl sites for hydroxylation is 1. The van der Waals surface area contributed by atoms with Crippen LogP contribution >= 0.6 is 0 Å². The van der Waals surface area contributed by atoms with Gasteiger partial charge in [0.1, 0.15) is 5.69 Å². The van der Waals surface area contributed by atoms with Crippen LogP contribution in [0.3, 0.4) is 0 Å². The average Bonchev–Trinajstić information content (AvgIpc) is 2.88. The largest absolute Gasteiger partial charge is 0.388 e. The zero-order valence-electron chi connectivity index (χ0n) is 13.1.